The molecule has 1 aliphatic heterocycles. The van der Waals surface area contributed by atoms with Gasteiger partial charge in [-0.3, -0.25) is 43.6 Å². The van der Waals surface area contributed by atoms with Crippen LogP contribution in [0, 0.1) is 5.92 Å². The zero-order valence-corrected chi connectivity index (χ0v) is 25.8. The lowest BCUT2D eigenvalue weighted by molar-refractivity contribution is -0.142. The first-order valence-electron chi connectivity index (χ1n) is 15.7. The Kier molecular flexibility index (Phi) is 17.2. The lowest BCUT2D eigenvalue weighted by atomic mass is 9.81. The lowest BCUT2D eigenvalue weighted by Gasteiger charge is -2.40. The monoisotopic (exact) mass is 628 g/mol. The zero-order chi connectivity index (χ0) is 32.5. The molecule has 0 bridgehead atoms. The minimum absolute atomic E-state index is 0.0459. The Morgan fingerprint density at radius 3 is 1.66 bits per heavy atom. The molecule has 1 atom stereocenters. The minimum Gasteiger partial charge on any atom is -0.480 e. The summed E-state index contributed by atoms with van der Waals surface area (Å²) in [7, 11) is 0. The molecule has 252 valence electrons. The number of carbonyl (C=O) groups excluding carboxylic acids is 1. The smallest absolute Gasteiger partial charge is 0.317 e. The second kappa shape index (κ2) is 20.2. The van der Waals surface area contributed by atoms with Crippen LogP contribution in [-0.4, -0.2) is 160 Å². The van der Waals surface area contributed by atoms with E-state index in [1.165, 1.54) is 0 Å². The van der Waals surface area contributed by atoms with Crippen LogP contribution in [0.3, 0.4) is 0 Å². The quantitative estimate of drug-likeness (QED) is 0.119. The van der Waals surface area contributed by atoms with Crippen molar-refractivity contribution in [1.82, 2.24) is 24.9 Å². The van der Waals surface area contributed by atoms with Crippen molar-refractivity contribution in [3.8, 4) is 0 Å². The predicted octanol–water partition coefficient (Wildman–Crippen LogP) is -0.501. The van der Waals surface area contributed by atoms with Crippen LogP contribution in [0.25, 0.3) is 0 Å². The van der Waals surface area contributed by atoms with Gasteiger partial charge in [-0.1, -0.05) is 6.42 Å². The summed E-state index contributed by atoms with van der Waals surface area (Å²) in [5.74, 6) is -3.83. The molecule has 1 unspecified atom stereocenters. The molecule has 0 aromatic heterocycles. The van der Waals surface area contributed by atoms with Crippen LogP contribution in [0.5, 0.6) is 0 Å². The molecule has 0 aromatic carbocycles. The zero-order valence-electron chi connectivity index (χ0n) is 25.8. The highest BCUT2D eigenvalue weighted by atomic mass is 16.4. The largest absolute Gasteiger partial charge is 0.480 e. The van der Waals surface area contributed by atoms with E-state index in [9.17, 15) is 44.4 Å². The second-order valence-electron chi connectivity index (χ2n) is 12.1. The summed E-state index contributed by atoms with van der Waals surface area (Å²) in [5, 5.41) is 41.4. The van der Waals surface area contributed by atoms with Crippen molar-refractivity contribution in [2.45, 2.75) is 69.9 Å². The Labute approximate surface area is 259 Å². The molecule has 2 fully saturated rings. The number of hydrogen-bond acceptors (Lipinski definition) is 10. The molecule has 1 amide bonds. The SMILES string of the molecule is NCCCCCC(=O)NC1CCC(CC2CN(CC(=O)O)CCN(CC(=O)O)CCN(CC(=O)O)CCN2CC(=O)O)CC1. The van der Waals surface area contributed by atoms with Crippen molar-refractivity contribution in [2.75, 3.05) is 78.5 Å². The number of nitrogens with two attached hydrogens (primary N) is 1. The maximum atomic E-state index is 12.4. The highest BCUT2D eigenvalue weighted by molar-refractivity contribution is 5.76. The Morgan fingerprint density at radius 2 is 1.14 bits per heavy atom. The maximum absolute atomic E-state index is 12.4. The molecule has 2 aliphatic rings. The summed E-state index contributed by atoms with van der Waals surface area (Å²) in [6.45, 7) is 1.43. The van der Waals surface area contributed by atoms with E-state index in [0.29, 0.717) is 19.4 Å². The molecule has 2 rings (SSSR count). The molecule has 1 saturated heterocycles. The summed E-state index contributed by atoms with van der Waals surface area (Å²) >= 11 is 0. The Hall–Kier alpha value is -2.85. The van der Waals surface area contributed by atoms with Crippen LogP contribution in [0.1, 0.15) is 57.8 Å². The average Bonchev–Trinajstić information content (AvgIpc) is 2.93. The van der Waals surface area contributed by atoms with Gasteiger partial charge in [0.15, 0.2) is 0 Å². The van der Waals surface area contributed by atoms with Crippen molar-refractivity contribution in [3.05, 3.63) is 0 Å². The molecule has 0 radical (unpaired) electrons. The number of carboxylic acids is 4. The molecule has 1 saturated carbocycles. The fourth-order valence-electron chi connectivity index (χ4n) is 6.22. The molecule has 1 aliphatic carbocycles. The van der Waals surface area contributed by atoms with Gasteiger partial charge in [0.2, 0.25) is 5.91 Å². The number of amides is 1. The van der Waals surface area contributed by atoms with Crippen LogP contribution in [0.4, 0.5) is 0 Å². The summed E-state index contributed by atoms with van der Waals surface area (Å²) in [6.07, 6.45) is 7.04. The van der Waals surface area contributed by atoms with Crippen LogP contribution < -0.4 is 11.1 Å². The van der Waals surface area contributed by atoms with E-state index in [4.69, 9.17) is 5.73 Å². The third-order valence-electron chi connectivity index (χ3n) is 8.49. The molecule has 15 heteroatoms. The van der Waals surface area contributed by atoms with Gasteiger partial charge >= 0.3 is 23.9 Å². The van der Waals surface area contributed by atoms with E-state index in [1.54, 1.807) is 14.7 Å². The number of aliphatic carboxylic acids is 4. The van der Waals surface area contributed by atoms with Crippen LogP contribution in [0.15, 0.2) is 0 Å². The molecule has 0 spiro atoms. The van der Waals surface area contributed by atoms with Crippen molar-refractivity contribution in [1.29, 1.82) is 0 Å². The van der Waals surface area contributed by atoms with Gasteiger partial charge in [0.05, 0.1) is 26.2 Å². The van der Waals surface area contributed by atoms with Crippen molar-refractivity contribution in [3.63, 3.8) is 0 Å². The second-order valence-corrected chi connectivity index (χ2v) is 12.1. The minimum atomic E-state index is -1.03. The number of nitrogens with one attached hydrogen (secondary N) is 1. The third-order valence-corrected chi connectivity index (χ3v) is 8.49. The molecule has 15 nitrogen and oxygen atoms in total. The number of carbonyl (C=O) groups is 5. The summed E-state index contributed by atoms with van der Waals surface area (Å²) in [5.41, 5.74) is 5.52. The van der Waals surface area contributed by atoms with Crippen LogP contribution >= 0.6 is 0 Å². The first kappa shape index (κ1) is 37.3. The number of nitrogens with zero attached hydrogens (tertiary/aromatic N) is 4. The highest BCUT2D eigenvalue weighted by Gasteiger charge is 2.31. The van der Waals surface area contributed by atoms with E-state index >= 15 is 0 Å². The van der Waals surface area contributed by atoms with Crippen LogP contribution in [0.2, 0.25) is 0 Å². The molecule has 44 heavy (non-hydrogen) atoms. The Bertz CT molecular complexity index is 931. The van der Waals surface area contributed by atoms with E-state index in [2.05, 4.69) is 5.32 Å². The third kappa shape index (κ3) is 15.7. The van der Waals surface area contributed by atoms with E-state index < -0.39 is 23.9 Å². The van der Waals surface area contributed by atoms with Gasteiger partial charge in [0, 0.05) is 64.3 Å². The van der Waals surface area contributed by atoms with E-state index in [0.717, 1.165) is 44.9 Å². The first-order chi connectivity index (χ1) is 20.9. The summed E-state index contributed by atoms with van der Waals surface area (Å²) in [6, 6.07) is -0.226. The normalized spacial score (nSPS) is 23.7. The number of rotatable bonds is 16. The van der Waals surface area contributed by atoms with Gasteiger partial charge < -0.3 is 31.5 Å². The van der Waals surface area contributed by atoms with Gasteiger partial charge in [-0.2, -0.15) is 0 Å². The van der Waals surface area contributed by atoms with Gasteiger partial charge in [-0.25, -0.2) is 0 Å². The molecule has 0 aromatic rings. The van der Waals surface area contributed by atoms with Crippen molar-refractivity contribution >= 4 is 29.8 Å². The Morgan fingerprint density at radius 1 is 0.636 bits per heavy atom. The highest BCUT2D eigenvalue weighted by Crippen LogP contribution is 2.30. The van der Waals surface area contributed by atoms with Gasteiger partial charge in [-0.05, 0) is 57.4 Å². The number of hydrogen-bond donors (Lipinski definition) is 6. The lowest BCUT2D eigenvalue weighted by Crippen LogP contribution is -2.53. The standard InChI is InChI=1S/C29H52N6O9/c30-9-3-1-2-4-25(36)31-23-7-5-22(6-8-23)16-24-17-34(20-28(41)42)13-12-32(18-26(37)38)10-11-33(19-27(39)40)14-15-35(24)21-29(43)44/h22-24H,1-21,30H2,(H,31,36)(H,37,38)(H,39,40)(H,41,42)(H,43,44). The number of carboxylic acid groups (broad SMARTS) is 4. The fraction of sp³-hybridized carbons (Fsp3) is 0.828. The first-order valence-corrected chi connectivity index (χ1v) is 15.7. The average molecular weight is 629 g/mol. The van der Waals surface area contributed by atoms with Gasteiger partial charge in [-0.15, -0.1) is 0 Å². The summed E-state index contributed by atoms with van der Waals surface area (Å²) < 4.78 is 0. The molecule has 1 heterocycles. The number of unbranched alkanes of at least 4 members (excludes halogenated alkanes) is 2. The molecule has 7 N–H and O–H groups in total. The fourth-order valence-corrected chi connectivity index (χ4v) is 6.22. The molecular formula is C29H52N6O9. The summed E-state index contributed by atoms with van der Waals surface area (Å²) in [4.78, 5) is 66.0. The van der Waals surface area contributed by atoms with Gasteiger partial charge in [0.1, 0.15) is 0 Å². The van der Waals surface area contributed by atoms with Crippen molar-refractivity contribution in [2.24, 2.45) is 11.7 Å². The topological polar surface area (TPSA) is 217 Å². The van der Waals surface area contributed by atoms with E-state index in [1.807, 2.05) is 4.90 Å². The molecular weight excluding hydrogens is 576 g/mol. The Balaban J connectivity index is 2.17. The van der Waals surface area contributed by atoms with E-state index in [-0.39, 0.29) is 95.9 Å². The van der Waals surface area contributed by atoms with Gasteiger partial charge in [0.25, 0.3) is 0 Å². The maximum Gasteiger partial charge on any atom is 0.317 e. The predicted molar refractivity (Wildman–Crippen MR) is 161 cm³/mol. The van der Waals surface area contributed by atoms with Crippen molar-refractivity contribution < 1.29 is 44.4 Å². The van der Waals surface area contributed by atoms with Crippen LogP contribution in [-0.2, 0) is 24.0 Å².